The topological polar surface area (TPSA) is 76.3 Å². The Balaban J connectivity index is 2.26. The van der Waals surface area contributed by atoms with Gasteiger partial charge in [0, 0.05) is 23.5 Å². The van der Waals surface area contributed by atoms with E-state index in [0.717, 1.165) is 10.7 Å². The Morgan fingerprint density at radius 2 is 2.24 bits per heavy atom. The molecule has 110 valence electrons. The van der Waals surface area contributed by atoms with Crippen LogP contribution >= 0.6 is 22.9 Å². The fourth-order valence-corrected chi connectivity index (χ4v) is 2.62. The molecule has 0 atom stereocenters. The summed E-state index contributed by atoms with van der Waals surface area (Å²) in [6, 6.07) is 3.93. The molecule has 0 aliphatic carbocycles. The molecule has 0 N–H and O–H groups in total. The summed E-state index contributed by atoms with van der Waals surface area (Å²) in [7, 11) is 1.57. The molecule has 0 saturated heterocycles. The third-order valence-electron chi connectivity index (χ3n) is 2.80. The molecule has 0 aliphatic heterocycles. The van der Waals surface area contributed by atoms with Crippen molar-refractivity contribution in [2.45, 2.75) is 13.5 Å². The Labute approximate surface area is 130 Å². The van der Waals surface area contributed by atoms with Crippen molar-refractivity contribution in [3.63, 3.8) is 0 Å². The Hall–Kier alpha value is -1.99. The minimum Gasteiger partial charge on any atom is -0.336 e. The smallest absolute Gasteiger partial charge is 0.282 e. The first-order valence-electron chi connectivity index (χ1n) is 5.99. The number of carbonyl (C=O) groups is 1. The summed E-state index contributed by atoms with van der Waals surface area (Å²) in [5.74, 6) is -0.463. The predicted octanol–water partition coefficient (Wildman–Crippen LogP) is 3.29. The molecule has 0 unspecified atom stereocenters. The number of nitrogens with zero attached hydrogens (tertiary/aromatic N) is 3. The maximum absolute atomic E-state index is 12.4. The van der Waals surface area contributed by atoms with Gasteiger partial charge in [-0.15, -0.1) is 11.3 Å². The van der Waals surface area contributed by atoms with Crippen LogP contribution in [-0.4, -0.2) is 27.8 Å². The molecular weight excluding hydrogens is 314 g/mol. The number of hydrogen-bond acceptors (Lipinski definition) is 5. The minimum absolute atomic E-state index is 0.0260. The van der Waals surface area contributed by atoms with Crippen LogP contribution in [-0.2, 0) is 6.54 Å². The minimum atomic E-state index is -0.593. The van der Waals surface area contributed by atoms with Crippen LogP contribution in [0, 0.1) is 17.0 Å². The molecule has 0 fully saturated rings. The summed E-state index contributed by atoms with van der Waals surface area (Å²) >= 11 is 7.32. The summed E-state index contributed by atoms with van der Waals surface area (Å²) < 4.78 is 0. The summed E-state index contributed by atoms with van der Waals surface area (Å²) in [5, 5.41) is 14.0. The van der Waals surface area contributed by atoms with E-state index in [4.69, 9.17) is 11.6 Å². The first kappa shape index (κ1) is 15.4. The lowest BCUT2D eigenvalue weighted by atomic mass is 10.1. The van der Waals surface area contributed by atoms with Gasteiger partial charge in [-0.2, -0.15) is 0 Å². The zero-order valence-corrected chi connectivity index (χ0v) is 12.9. The Bertz CT molecular complexity index is 702. The number of halogens is 1. The zero-order valence-electron chi connectivity index (χ0n) is 11.4. The van der Waals surface area contributed by atoms with Gasteiger partial charge in [0.1, 0.15) is 5.56 Å². The van der Waals surface area contributed by atoms with Crippen molar-refractivity contribution >= 4 is 34.5 Å². The first-order valence-corrected chi connectivity index (χ1v) is 7.24. The van der Waals surface area contributed by atoms with E-state index < -0.39 is 10.8 Å². The van der Waals surface area contributed by atoms with Crippen molar-refractivity contribution in [3.8, 4) is 0 Å². The normalized spacial score (nSPS) is 10.4. The summed E-state index contributed by atoms with van der Waals surface area (Å²) in [5.41, 5.74) is 0.464. The third-order valence-corrected chi connectivity index (χ3v) is 3.86. The van der Waals surface area contributed by atoms with Gasteiger partial charge in [0.05, 0.1) is 22.2 Å². The standard InChI is InChI=1S/C13H12ClN3O3S/c1-8-15-10(7-21-8)6-16(2)13(18)11-5-9(14)3-4-12(11)17(19)20/h3-5,7H,6H2,1-2H3. The largest absolute Gasteiger partial charge is 0.336 e. The van der Waals surface area contributed by atoms with Gasteiger partial charge in [-0.1, -0.05) is 11.6 Å². The summed E-state index contributed by atoms with van der Waals surface area (Å²) in [4.78, 5) is 28.4. The van der Waals surface area contributed by atoms with Gasteiger partial charge in [0.2, 0.25) is 0 Å². The zero-order chi connectivity index (χ0) is 15.6. The number of carbonyl (C=O) groups excluding carboxylic acids is 1. The van der Waals surface area contributed by atoms with Crippen LogP contribution in [0.3, 0.4) is 0 Å². The number of nitro groups is 1. The maximum Gasteiger partial charge on any atom is 0.282 e. The van der Waals surface area contributed by atoms with Crippen LogP contribution in [0.25, 0.3) is 0 Å². The second kappa shape index (κ2) is 6.19. The molecule has 6 nitrogen and oxygen atoms in total. The average Bonchev–Trinajstić information content (AvgIpc) is 2.82. The number of amides is 1. The van der Waals surface area contributed by atoms with Crippen LogP contribution in [0.5, 0.6) is 0 Å². The highest BCUT2D eigenvalue weighted by atomic mass is 35.5. The molecule has 0 spiro atoms. The quantitative estimate of drug-likeness (QED) is 0.638. The van der Waals surface area contributed by atoms with Crippen LogP contribution in [0.2, 0.25) is 5.02 Å². The molecule has 1 aromatic carbocycles. The predicted molar refractivity (Wildman–Crippen MR) is 80.8 cm³/mol. The van der Waals surface area contributed by atoms with Crippen molar-refractivity contribution in [2.75, 3.05) is 7.05 Å². The fraction of sp³-hybridized carbons (Fsp3) is 0.231. The lowest BCUT2D eigenvalue weighted by molar-refractivity contribution is -0.385. The van der Waals surface area contributed by atoms with Crippen molar-refractivity contribution in [2.24, 2.45) is 0 Å². The van der Waals surface area contributed by atoms with Gasteiger partial charge >= 0.3 is 0 Å². The molecular formula is C13H12ClN3O3S. The molecule has 2 aromatic rings. The lowest BCUT2D eigenvalue weighted by Gasteiger charge is -2.16. The number of benzene rings is 1. The van der Waals surface area contributed by atoms with E-state index in [1.54, 1.807) is 7.05 Å². The highest BCUT2D eigenvalue weighted by Gasteiger charge is 2.23. The van der Waals surface area contributed by atoms with E-state index in [0.29, 0.717) is 0 Å². The number of nitro benzene ring substituents is 1. The molecule has 0 saturated carbocycles. The lowest BCUT2D eigenvalue weighted by Crippen LogP contribution is -2.27. The number of thiazole rings is 1. The third kappa shape index (κ3) is 3.56. The average molecular weight is 326 g/mol. The monoisotopic (exact) mass is 325 g/mol. The maximum atomic E-state index is 12.4. The summed E-state index contributed by atoms with van der Waals surface area (Å²) in [6.07, 6.45) is 0. The molecule has 0 radical (unpaired) electrons. The second-order valence-corrected chi connectivity index (χ2v) is 5.94. The van der Waals surface area contributed by atoms with E-state index in [1.165, 1.54) is 34.4 Å². The summed E-state index contributed by atoms with van der Waals surface area (Å²) in [6.45, 7) is 2.16. The number of hydrogen-bond donors (Lipinski definition) is 0. The molecule has 1 heterocycles. The van der Waals surface area contributed by atoms with Gasteiger partial charge in [-0.25, -0.2) is 4.98 Å². The Kier molecular flexibility index (Phi) is 4.54. The molecule has 2 rings (SSSR count). The first-order chi connectivity index (χ1) is 9.88. The van der Waals surface area contributed by atoms with Crippen LogP contribution in [0.15, 0.2) is 23.6 Å². The Morgan fingerprint density at radius 3 is 2.81 bits per heavy atom. The van der Waals surface area contributed by atoms with Crippen molar-refractivity contribution in [1.29, 1.82) is 0 Å². The fourth-order valence-electron chi connectivity index (χ4n) is 1.84. The highest BCUT2D eigenvalue weighted by Crippen LogP contribution is 2.24. The van der Waals surface area contributed by atoms with Gasteiger partial charge in [-0.05, 0) is 19.1 Å². The van der Waals surface area contributed by atoms with E-state index in [9.17, 15) is 14.9 Å². The van der Waals surface area contributed by atoms with Crippen LogP contribution in [0.1, 0.15) is 21.1 Å². The van der Waals surface area contributed by atoms with Crippen LogP contribution < -0.4 is 0 Å². The van der Waals surface area contributed by atoms with Gasteiger partial charge in [0.25, 0.3) is 11.6 Å². The van der Waals surface area contributed by atoms with E-state index in [2.05, 4.69) is 4.98 Å². The van der Waals surface area contributed by atoms with Crippen LogP contribution in [0.4, 0.5) is 5.69 Å². The van der Waals surface area contributed by atoms with E-state index in [-0.39, 0.29) is 22.8 Å². The number of rotatable bonds is 4. The molecule has 1 aromatic heterocycles. The number of aromatic nitrogens is 1. The Morgan fingerprint density at radius 1 is 1.52 bits per heavy atom. The highest BCUT2D eigenvalue weighted by molar-refractivity contribution is 7.09. The molecule has 8 heteroatoms. The molecule has 21 heavy (non-hydrogen) atoms. The van der Waals surface area contributed by atoms with Gasteiger partial charge in [0.15, 0.2) is 0 Å². The SMILES string of the molecule is Cc1nc(CN(C)C(=O)c2cc(Cl)ccc2[N+](=O)[O-])cs1. The molecule has 0 aliphatic rings. The van der Waals surface area contributed by atoms with Crippen molar-refractivity contribution < 1.29 is 9.72 Å². The number of aryl methyl sites for hydroxylation is 1. The second-order valence-electron chi connectivity index (χ2n) is 4.44. The van der Waals surface area contributed by atoms with Crippen molar-refractivity contribution in [3.05, 3.63) is 55.0 Å². The van der Waals surface area contributed by atoms with Gasteiger partial charge in [-0.3, -0.25) is 14.9 Å². The molecule has 1 amide bonds. The van der Waals surface area contributed by atoms with Crippen molar-refractivity contribution in [1.82, 2.24) is 9.88 Å². The van der Waals surface area contributed by atoms with E-state index in [1.807, 2.05) is 12.3 Å². The van der Waals surface area contributed by atoms with E-state index >= 15 is 0 Å². The van der Waals surface area contributed by atoms with Gasteiger partial charge < -0.3 is 4.90 Å². The molecule has 0 bridgehead atoms.